The highest BCUT2D eigenvalue weighted by Gasteiger charge is 2.32. The normalized spacial score (nSPS) is 19.4. The van der Waals surface area contributed by atoms with E-state index in [9.17, 15) is 28.8 Å². The fourth-order valence-corrected chi connectivity index (χ4v) is 2.62. The smallest absolute Gasteiger partial charge is 0.297 e. The molecular weight excluding hydrogens is 312 g/mol. The zero-order valence-electron chi connectivity index (χ0n) is 9.16. The van der Waals surface area contributed by atoms with Gasteiger partial charge >= 0.3 is 35.2 Å². The Balaban J connectivity index is 2.03. The maximum Gasteiger partial charge on any atom is 0.325 e. The van der Waals surface area contributed by atoms with Gasteiger partial charge in [0, 0.05) is 0 Å². The quantitative estimate of drug-likeness (QED) is 0.369. The van der Waals surface area contributed by atoms with Gasteiger partial charge in [0.1, 0.15) is 0 Å². The Morgan fingerprint density at radius 1 is 0.650 bits per heavy atom. The van der Waals surface area contributed by atoms with Gasteiger partial charge in [0.15, 0.2) is 10.3 Å². The van der Waals surface area contributed by atoms with Crippen LogP contribution in [0.3, 0.4) is 0 Å². The molecule has 0 aromatic rings. The summed E-state index contributed by atoms with van der Waals surface area (Å²) in [5.74, 6) is -7.29. The van der Waals surface area contributed by atoms with Crippen LogP contribution in [0.1, 0.15) is 0 Å². The van der Waals surface area contributed by atoms with Crippen LogP contribution in [-0.2, 0) is 28.8 Å². The summed E-state index contributed by atoms with van der Waals surface area (Å²) in [5, 5.41) is 3.66. The minimum atomic E-state index is -1.29. The summed E-state index contributed by atoms with van der Waals surface area (Å²) in [6.45, 7) is 0. The molecule has 0 aromatic heterocycles. The van der Waals surface area contributed by atoms with Crippen molar-refractivity contribution < 1.29 is 28.8 Å². The average Bonchev–Trinajstić information content (AvgIpc) is 2.39. The fourth-order valence-electron chi connectivity index (χ4n) is 1.00. The lowest BCUT2D eigenvalue weighted by atomic mass is 10.3. The number of hydrogen-bond donors (Lipinski definition) is 2. The van der Waals surface area contributed by atoms with E-state index in [0.29, 0.717) is 21.6 Å². The van der Waals surface area contributed by atoms with Gasteiger partial charge in [0.2, 0.25) is 0 Å². The molecule has 2 heterocycles. The van der Waals surface area contributed by atoms with E-state index in [2.05, 4.69) is 9.98 Å². The molecule has 12 heteroatoms. The molecular formula is C8H2N4O6S2. The summed E-state index contributed by atoms with van der Waals surface area (Å²) in [4.78, 5) is 72.3. The van der Waals surface area contributed by atoms with E-state index in [0.717, 1.165) is 0 Å². The van der Waals surface area contributed by atoms with E-state index in [1.54, 1.807) is 0 Å². The second-order valence-electron chi connectivity index (χ2n) is 3.18. The minimum Gasteiger partial charge on any atom is -0.297 e. The molecule has 0 saturated carbocycles. The molecule has 102 valence electrons. The summed E-state index contributed by atoms with van der Waals surface area (Å²) in [7, 11) is 1.34. The van der Waals surface area contributed by atoms with Gasteiger partial charge in [-0.2, -0.15) is 9.98 Å². The van der Waals surface area contributed by atoms with Gasteiger partial charge in [-0.15, -0.1) is 0 Å². The van der Waals surface area contributed by atoms with Crippen molar-refractivity contribution in [3.05, 3.63) is 0 Å². The monoisotopic (exact) mass is 314 g/mol. The van der Waals surface area contributed by atoms with Gasteiger partial charge in [0.25, 0.3) is 0 Å². The van der Waals surface area contributed by atoms with Crippen molar-refractivity contribution in [2.75, 3.05) is 0 Å². The van der Waals surface area contributed by atoms with Crippen LogP contribution >= 0.6 is 21.6 Å². The van der Waals surface area contributed by atoms with Crippen LogP contribution in [0, 0.1) is 0 Å². The SMILES string of the molecule is O=C1N=C(SSC2=NC(=O)C(=O)C(=O)N2)NC(=O)C1=O. The molecule has 0 aliphatic carbocycles. The number of nitrogens with zero attached hydrogens (tertiary/aromatic N) is 2. The summed E-state index contributed by atoms with van der Waals surface area (Å²) < 4.78 is 0. The fraction of sp³-hybridized carbons (Fsp3) is 0. The van der Waals surface area contributed by atoms with E-state index in [4.69, 9.17) is 0 Å². The van der Waals surface area contributed by atoms with Crippen molar-refractivity contribution in [2.45, 2.75) is 0 Å². The molecule has 0 unspecified atom stereocenters. The number of nitrogens with one attached hydrogen (secondary N) is 2. The molecule has 2 rings (SSSR count). The van der Waals surface area contributed by atoms with Crippen LogP contribution in [0.5, 0.6) is 0 Å². The van der Waals surface area contributed by atoms with Crippen LogP contribution in [0.25, 0.3) is 0 Å². The van der Waals surface area contributed by atoms with Crippen molar-refractivity contribution in [1.29, 1.82) is 0 Å². The van der Waals surface area contributed by atoms with Gasteiger partial charge in [0.05, 0.1) is 0 Å². The summed E-state index contributed by atoms with van der Waals surface area (Å²) in [6, 6.07) is 0. The number of carbonyl (C=O) groups is 6. The number of aliphatic imine (C=N–C) groups is 2. The van der Waals surface area contributed by atoms with Crippen molar-refractivity contribution in [2.24, 2.45) is 9.98 Å². The zero-order valence-corrected chi connectivity index (χ0v) is 10.8. The molecule has 4 amide bonds. The third-order valence-corrected chi connectivity index (χ3v) is 3.83. The number of ketones is 2. The second kappa shape index (κ2) is 5.34. The lowest BCUT2D eigenvalue weighted by molar-refractivity contribution is -0.144. The lowest BCUT2D eigenvalue weighted by Crippen LogP contribution is -2.44. The number of Topliss-reactive ketones (excluding diaryl/α,β-unsaturated/α-hetero) is 2. The van der Waals surface area contributed by atoms with E-state index in [-0.39, 0.29) is 10.3 Å². The highest BCUT2D eigenvalue weighted by atomic mass is 33.1. The van der Waals surface area contributed by atoms with Crippen molar-refractivity contribution in [1.82, 2.24) is 10.6 Å². The molecule has 10 nitrogen and oxygen atoms in total. The maximum atomic E-state index is 11.0. The average molecular weight is 314 g/mol. The Morgan fingerprint density at radius 3 is 1.30 bits per heavy atom. The Hall–Kier alpha value is -2.34. The third kappa shape index (κ3) is 2.80. The van der Waals surface area contributed by atoms with E-state index < -0.39 is 35.2 Å². The summed E-state index contributed by atoms with van der Waals surface area (Å²) in [5.41, 5.74) is 0. The maximum absolute atomic E-state index is 11.0. The van der Waals surface area contributed by atoms with Gasteiger partial charge in [-0.05, 0) is 21.6 Å². The van der Waals surface area contributed by atoms with Gasteiger partial charge in [-0.3, -0.25) is 39.4 Å². The first-order valence-corrected chi connectivity index (χ1v) is 6.84. The first-order chi connectivity index (χ1) is 9.38. The molecule has 0 radical (unpaired) electrons. The minimum absolute atomic E-state index is 0.203. The largest absolute Gasteiger partial charge is 0.325 e. The number of amidine groups is 2. The summed E-state index contributed by atoms with van der Waals surface area (Å²) in [6.07, 6.45) is 0. The van der Waals surface area contributed by atoms with E-state index in [1.807, 2.05) is 10.6 Å². The molecule has 0 fully saturated rings. The van der Waals surface area contributed by atoms with Crippen molar-refractivity contribution in [3.63, 3.8) is 0 Å². The molecule has 2 N–H and O–H groups in total. The first kappa shape index (κ1) is 14.1. The van der Waals surface area contributed by atoms with Crippen LogP contribution in [0.2, 0.25) is 0 Å². The number of hydrogen-bond acceptors (Lipinski definition) is 8. The molecule has 2 aliphatic rings. The van der Waals surface area contributed by atoms with E-state index in [1.165, 1.54) is 0 Å². The number of rotatable bonds is 0. The molecule has 20 heavy (non-hydrogen) atoms. The Labute approximate surface area is 117 Å². The Morgan fingerprint density at radius 2 is 1.00 bits per heavy atom. The predicted octanol–water partition coefficient (Wildman–Crippen LogP) is -2.47. The molecule has 0 saturated heterocycles. The highest BCUT2D eigenvalue weighted by molar-refractivity contribution is 8.87. The van der Waals surface area contributed by atoms with Crippen LogP contribution < -0.4 is 10.6 Å². The number of amides is 4. The van der Waals surface area contributed by atoms with Crippen LogP contribution in [-0.4, -0.2) is 45.5 Å². The predicted molar refractivity (Wildman–Crippen MR) is 66.4 cm³/mol. The molecule has 0 aromatic carbocycles. The van der Waals surface area contributed by atoms with Gasteiger partial charge in [-0.1, -0.05) is 0 Å². The molecule has 2 aliphatic heterocycles. The summed E-state index contributed by atoms with van der Waals surface area (Å²) >= 11 is 0. The molecule has 0 spiro atoms. The zero-order chi connectivity index (χ0) is 14.9. The second-order valence-corrected chi connectivity index (χ2v) is 5.28. The lowest BCUT2D eigenvalue weighted by Gasteiger charge is -2.12. The van der Waals surface area contributed by atoms with Gasteiger partial charge < -0.3 is 0 Å². The molecule has 0 atom stereocenters. The molecule has 0 bridgehead atoms. The highest BCUT2D eigenvalue weighted by Crippen LogP contribution is 2.24. The Bertz CT molecular complexity index is 595. The van der Waals surface area contributed by atoms with Crippen molar-refractivity contribution in [3.8, 4) is 0 Å². The van der Waals surface area contributed by atoms with Crippen LogP contribution in [0.4, 0.5) is 0 Å². The number of carbonyl (C=O) groups excluding carboxylic acids is 6. The van der Waals surface area contributed by atoms with Crippen LogP contribution in [0.15, 0.2) is 9.98 Å². The Kier molecular flexibility index (Phi) is 3.76. The van der Waals surface area contributed by atoms with Crippen molar-refractivity contribution >= 4 is 67.1 Å². The topological polar surface area (TPSA) is 151 Å². The van der Waals surface area contributed by atoms with Gasteiger partial charge in [-0.25, -0.2) is 0 Å². The first-order valence-electron chi connectivity index (χ1n) is 4.69. The van der Waals surface area contributed by atoms with E-state index >= 15 is 0 Å². The third-order valence-electron chi connectivity index (χ3n) is 1.85. The standard InChI is InChI=1S/C8H2N4O6S2/c13-1-3(15)9-7(10-4(1)16)19-20-8-11-5(17)2(14)6(18)12-8/h(H,9,10,15,16)(H,11,12,17,18).